The van der Waals surface area contributed by atoms with E-state index in [1.54, 1.807) is 0 Å². The van der Waals surface area contributed by atoms with Crippen LogP contribution < -0.4 is 0 Å². The van der Waals surface area contributed by atoms with E-state index in [-0.39, 0.29) is 0 Å². The molecule has 1 atom stereocenters. The van der Waals surface area contributed by atoms with Crippen LogP contribution in [0.1, 0.15) is 46.0 Å². The molecule has 0 saturated heterocycles. The van der Waals surface area contributed by atoms with Gasteiger partial charge in [-0.05, 0) is 19.3 Å². The van der Waals surface area contributed by atoms with E-state index >= 15 is 0 Å². The minimum absolute atomic E-state index is 0.433. The van der Waals surface area contributed by atoms with Gasteiger partial charge in [0.1, 0.15) is 0 Å². The first-order chi connectivity index (χ1) is 6.31. The topological polar surface area (TPSA) is 9.23 Å². The Labute approximate surface area is 82.9 Å². The van der Waals surface area contributed by atoms with Crippen molar-refractivity contribution in [2.75, 3.05) is 6.61 Å². The predicted octanol–water partition coefficient (Wildman–Crippen LogP) is 3.40. The molecule has 0 aromatic heterocycles. The summed E-state index contributed by atoms with van der Waals surface area (Å²) in [7, 11) is 0. The van der Waals surface area contributed by atoms with Crippen molar-refractivity contribution < 1.29 is 4.74 Å². The molecular weight excluding hydrogens is 160 g/mol. The number of unbranched alkanes of at least 4 members (excludes halogenated alkanes) is 2. The number of terminal acetylenes is 1. The Bertz CT molecular complexity index is 135. The van der Waals surface area contributed by atoms with Gasteiger partial charge in [0, 0.05) is 12.5 Å². The van der Waals surface area contributed by atoms with Crippen LogP contribution in [0.5, 0.6) is 0 Å². The third kappa shape index (κ3) is 9.43. The highest BCUT2D eigenvalue weighted by molar-refractivity contribution is 4.89. The van der Waals surface area contributed by atoms with Crippen LogP contribution in [0.3, 0.4) is 0 Å². The molecular formula is C12H21O. The predicted molar refractivity (Wildman–Crippen MR) is 57.0 cm³/mol. The van der Waals surface area contributed by atoms with Gasteiger partial charge in [0.2, 0.25) is 0 Å². The van der Waals surface area contributed by atoms with E-state index in [1.165, 1.54) is 12.8 Å². The Morgan fingerprint density at radius 3 is 2.77 bits per heavy atom. The lowest BCUT2D eigenvalue weighted by molar-refractivity contribution is 0.187. The number of rotatable bonds is 8. The van der Waals surface area contributed by atoms with Crippen molar-refractivity contribution in [3.63, 3.8) is 0 Å². The molecule has 0 aromatic rings. The van der Waals surface area contributed by atoms with Gasteiger partial charge in [0.05, 0.1) is 6.61 Å². The van der Waals surface area contributed by atoms with Crippen molar-refractivity contribution in [3.05, 3.63) is 6.61 Å². The standard InChI is InChI=1S/C12H21O/c1-4-10-13-11-8-6-7-9-12(3)5-2/h2,10,12H,4,6-9,11H2,1,3H3. The van der Waals surface area contributed by atoms with E-state index in [2.05, 4.69) is 19.8 Å². The summed E-state index contributed by atoms with van der Waals surface area (Å²) in [6.45, 7) is 6.90. The zero-order valence-electron chi connectivity index (χ0n) is 8.88. The maximum atomic E-state index is 5.27. The molecule has 0 N–H and O–H groups in total. The molecule has 0 amide bonds. The first-order valence-electron chi connectivity index (χ1n) is 5.20. The van der Waals surface area contributed by atoms with Gasteiger partial charge in [-0.25, -0.2) is 0 Å². The van der Waals surface area contributed by atoms with Crippen LogP contribution in [0.15, 0.2) is 0 Å². The number of hydrogen-bond acceptors (Lipinski definition) is 1. The Hall–Kier alpha value is -0.480. The highest BCUT2D eigenvalue weighted by Crippen LogP contribution is 2.08. The largest absolute Gasteiger partial charge is 0.376 e. The second-order valence-corrected chi connectivity index (χ2v) is 3.36. The summed E-state index contributed by atoms with van der Waals surface area (Å²) in [4.78, 5) is 0. The summed E-state index contributed by atoms with van der Waals surface area (Å²) in [5.41, 5.74) is 0. The SMILES string of the molecule is C#CC(C)CCCCCO[CH]CC. The molecule has 13 heavy (non-hydrogen) atoms. The van der Waals surface area contributed by atoms with E-state index in [1.807, 2.05) is 6.61 Å². The van der Waals surface area contributed by atoms with Crippen LogP contribution in [0.4, 0.5) is 0 Å². The van der Waals surface area contributed by atoms with Crippen molar-refractivity contribution in [1.82, 2.24) is 0 Å². The Kier molecular flexibility index (Phi) is 9.25. The van der Waals surface area contributed by atoms with E-state index in [0.29, 0.717) is 5.92 Å². The van der Waals surface area contributed by atoms with Crippen molar-refractivity contribution >= 4 is 0 Å². The fraction of sp³-hybridized carbons (Fsp3) is 0.750. The van der Waals surface area contributed by atoms with Gasteiger partial charge >= 0.3 is 0 Å². The molecule has 1 heteroatoms. The fourth-order valence-electron chi connectivity index (χ4n) is 1.10. The summed E-state index contributed by atoms with van der Waals surface area (Å²) in [5, 5.41) is 0. The van der Waals surface area contributed by atoms with Gasteiger partial charge in [-0.3, -0.25) is 0 Å². The molecule has 0 saturated carbocycles. The summed E-state index contributed by atoms with van der Waals surface area (Å²) in [5.74, 6) is 3.17. The molecule has 0 heterocycles. The third-order valence-electron chi connectivity index (χ3n) is 1.97. The molecule has 0 aromatic carbocycles. The van der Waals surface area contributed by atoms with Gasteiger partial charge < -0.3 is 4.74 Å². The molecule has 75 valence electrons. The lowest BCUT2D eigenvalue weighted by Crippen LogP contribution is -1.93. The normalized spacial score (nSPS) is 12.4. The fourth-order valence-corrected chi connectivity index (χ4v) is 1.10. The highest BCUT2D eigenvalue weighted by atomic mass is 16.5. The van der Waals surface area contributed by atoms with Crippen molar-refractivity contribution in [2.45, 2.75) is 46.0 Å². The summed E-state index contributed by atoms with van der Waals surface area (Å²) < 4.78 is 5.25. The average molecular weight is 181 g/mol. The molecule has 1 nitrogen and oxygen atoms in total. The Morgan fingerprint density at radius 1 is 1.38 bits per heavy atom. The first-order valence-corrected chi connectivity index (χ1v) is 5.20. The zero-order valence-corrected chi connectivity index (χ0v) is 8.88. The second-order valence-electron chi connectivity index (χ2n) is 3.36. The van der Waals surface area contributed by atoms with Gasteiger partial charge in [-0.2, -0.15) is 0 Å². The van der Waals surface area contributed by atoms with E-state index in [9.17, 15) is 0 Å². The number of hydrogen-bond donors (Lipinski definition) is 0. The third-order valence-corrected chi connectivity index (χ3v) is 1.97. The molecule has 0 aliphatic heterocycles. The lowest BCUT2D eigenvalue weighted by atomic mass is 10.0. The Morgan fingerprint density at radius 2 is 2.15 bits per heavy atom. The minimum Gasteiger partial charge on any atom is -0.376 e. The van der Waals surface area contributed by atoms with Crippen molar-refractivity contribution in [3.8, 4) is 12.3 Å². The van der Waals surface area contributed by atoms with Crippen LogP contribution in [0.2, 0.25) is 0 Å². The first kappa shape index (κ1) is 12.5. The quantitative estimate of drug-likeness (QED) is 0.412. The van der Waals surface area contributed by atoms with Crippen molar-refractivity contribution in [1.29, 1.82) is 0 Å². The van der Waals surface area contributed by atoms with Gasteiger partial charge in [-0.15, -0.1) is 12.3 Å². The molecule has 0 fully saturated rings. The van der Waals surface area contributed by atoms with Crippen LogP contribution in [0.25, 0.3) is 0 Å². The summed E-state index contributed by atoms with van der Waals surface area (Å²) in [6, 6.07) is 0. The maximum Gasteiger partial charge on any atom is 0.0833 e. The molecule has 0 bridgehead atoms. The van der Waals surface area contributed by atoms with Crippen molar-refractivity contribution in [2.24, 2.45) is 5.92 Å². The lowest BCUT2D eigenvalue weighted by Gasteiger charge is -2.04. The van der Waals surface area contributed by atoms with Crippen LogP contribution in [-0.2, 0) is 4.74 Å². The van der Waals surface area contributed by atoms with E-state index in [4.69, 9.17) is 11.2 Å². The van der Waals surface area contributed by atoms with Gasteiger partial charge in [-0.1, -0.05) is 26.7 Å². The molecule has 0 aliphatic rings. The van der Waals surface area contributed by atoms with E-state index < -0.39 is 0 Å². The zero-order chi connectivity index (χ0) is 9.94. The van der Waals surface area contributed by atoms with Crippen LogP contribution >= 0.6 is 0 Å². The monoisotopic (exact) mass is 181 g/mol. The van der Waals surface area contributed by atoms with Gasteiger partial charge in [0.15, 0.2) is 0 Å². The smallest absolute Gasteiger partial charge is 0.0833 e. The van der Waals surface area contributed by atoms with Gasteiger partial charge in [0.25, 0.3) is 0 Å². The molecule has 0 spiro atoms. The minimum atomic E-state index is 0.433. The molecule has 1 unspecified atom stereocenters. The molecule has 0 aliphatic carbocycles. The summed E-state index contributed by atoms with van der Waals surface area (Å²) in [6.07, 6.45) is 11.0. The molecule has 0 rings (SSSR count). The second kappa shape index (κ2) is 9.61. The maximum absolute atomic E-state index is 5.27. The van der Waals surface area contributed by atoms with Crippen LogP contribution in [-0.4, -0.2) is 6.61 Å². The summed E-state index contributed by atoms with van der Waals surface area (Å²) >= 11 is 0. The van der Waals surface area contributed by atoms with Crippen LogP contribution in [0, 0.1) is 24.9 Å². The number of ether oxygens (including phenoxy) is 1. The Balaban J connectivity index is 2.96. The highest BCUT2D eigenvalue weighted by Gasteiger charge is 1.96. The van der Waals surface area contributed by atoms with E-state index in [0.717, 1.165) is 25.9 Å². The average Bonchev–Trinajstić information content (AvgIpc) is 2.16. The molecule has 1 radical (unpaired) electrons.